The van der Waals surface area contributed by atoms with Crippen molar-refractivity contribution in [2.24, 2.45) is 11.1 Å². The fourth-order valence-electron chi connectivity index (χ4n) is 2.98. The van der Waals surface area contributed by atoms with E-state index in [1.165, 1.54) is 6.42 Å². The van der Waals surface area contributed by atoms with Crippen LogP contribution in [0, 0.1) is 5.41 Å². The van der Waals surface area contributed by atoms with Crippen molar-refractivity contribution in [3.05, 3.63) is 0 Å². The standard InChI is InChI=1S/C10H19NO2/c11-6-3-8(12)10-4-1-2-9(10)13-7-5-10/h8-9,12H,1-7,11H2/t8-,9+,10?/m0/s1. The topological polar surface area (TPSA) is 55.5 Å². The van der Waals surface area contributed by atoms with E-state index in [-0.39, 0.29) is 11.5 Å². The van der Waals surface area contributed by atoms with Gasteiger partial charge in [-0.1, -0.05) is 6.42 Å². The highest BCUT2D eigenvalue weighted by molar-refractivity contribution is 5.01. The predicted molar refractivity (Wildman–Crippen MR) is 50.3 cm³/mol. The Morgan fingerprint density at radius 2 is 2.38 bits per heavy atom. The minimum absolute atomic E-state index is 0.0688. The molecule has 1 saturated heterocycles. The molecule has 0 aromatic carbocycles. The molecule has 1 heterocycles. The lowest BCUT2D eigenvalue weighted by atomic mass is 9.76. The molecule has 3 N–H and O–H groups in total. The van der Waals surface area contributed by atoms with Crippen LogP contribution in [0.25, 0.3) is 0 Å². The highest BCUT2D eigenvalue weighted by atomic mass is 16.5. The molecule has 3 nitrogen and oxygen atoms in total. The molecule has 1 aliphatic heterocycles. The Morgan fingerprint density at radius 1 is 1.54 bits per heavy atom. The molecule has 76 valence electrons. The van der Waals surface area contributed by atoms with Crippen molar-refractivity contribution in [2.45, 2.75) is 44.3 Å². The monoisotopic (exact) mass is 185 g/mol. The van der Waals surface area contributed by atoms with Gasteiger partial charge in [0, 0.05) is 12.0 Å². The van der Waals surface area contributed by atoms with E-state index in [0.717, 1.165) is 32.3 Å². The molecular weight excluding hydrogens is 166 g/mol. The molecule has 1 saturated carbocycles. The van der Waals surface area contributed by atoms with Crippen LogP contribution in [0.15, 0.2) is 0 Å². The molecule has 0 amide bonds. The lowest BCUT2D eigenvalue weighted by molar-refractivity contribution is -0.0203. The first kappa shape index (κ1) is 9.44. The highest BCUT2D eigenvalue weighted by Gasteiger charge is 2.51. The van der Waals surface area contributed by atoms with E-state index >= 15 is 0 Å². The first-order valence-corrected chi connectivity index (χ1v) is 5.29. The van der Waals surface area contributed by atoms with Crippen LogP contribution in [-0.2, 0) is 4.74 Å². The summed E-state index contributed by atoms with van der Waals surface area (Å²) in [6, 6.07) is 0. The maximum Gasteiger partial charge on any atom is 0.0656 e. The molecule has 0 aromatic rings. The van der Waals surface area contributed by atoms with Crippen LogP contribution >= 0.6 is 0 Å². The van der Waals surface area contributed by atoms with Crippen LogP contribution in [0.5, 0.6) is 0 Å². The maximum absolute atomic E-state index is 10.0. The Bertz CT molecular complexity index is 174. The second-order valence-corrected chi connectivity index (χ2v) is 4.33. The Labute approximate surface area is 79.3 Å². The third-order valence-electron chi connectivity index (χ3n) is 3.74. The third kappa shape index (κ3) is 1.39. The number of aliphatic hydroxyl groups excluding tert-OH is 1. The van der Waals surface area contributed by atoms with Crippen LogP contribution in [-0.4, -0.2) is 30.5 Å². The summed E-state index contributed by atoms with van der Waals surface area (Å²) in [5.74, 6) is 0. The van der Waals surface area contributed by atoms with Gasteiger partial charge in [0.1, 0.15) is 0 Å². The molecule has 0 aromatic heterocycles. The zero-order chi connectivity index (χ0) is 9.31. The number of hydrogen-bond acceptors (Lipinski definition) is 3. The van der Waals surface area contributed by atoms with Gasteiger partial charge >= 0.3 is 0 Å². The summed E-state index contributed by atoms with van der Waals surface area (Å²) < 4.78 is 5.65. The first-order chi connectivity index (χ1) is 6.29. The van der Waals surface area contributed by atoms with Crippen LogP contribution in [0.3, 0.4) is 0 Å². The van der Waals surface area contributed by atoms with Crippen molar-refractivity contribution >= 4 is 0 Å². The van der Waals surface area contributed by atoms with Gasteiger partial charge in [0.25, 0.3) is 0 Å². The van der Waals surface area contributed by atoms with Gasteiger partial charge in [-0.3, -0.25) is 0 Å². The molecule has 2 rings (SSSR count). The molecule has 0 spiro atoms. The number of fused-ring (bicyclic) bond motifs is 1. The minimum atomic E-state index is -0.243. The smallest absolute Gasteiger partial charge is 0.0656 e. The van der Waals surface area contributed by atoms with Gasteiger partial charge in [-0.05, 0) is 32.2 Å². The Hall–Kier alpha value is -0.120. The van der Waals surface area contributed by atoms with E-state index in [1.807, 2.05) is 0 Å². The lowest BCUT2D eigenvalue weighted by Gasteiger charge is -2.33. The molecule has 13 heavy (non-hydrogen) atoms. The van der Waals surface area contributed by atoms with E-state index in [0.29, 0.717) is 12.6 Å². The molecular formula is C10H19NO2. The fraction of sp³-hybridized carbons (Fsp3) is 1.00. The van der Waals surface area contributed by atoms with Gasteiger partial charge < -0.3 is 15.6 Å². The predicted octanol–water partition coefficient (Wildman–Crippen LogP) is 0.655. The molecule has 0 bridgehead atoms. The SMILES string of the molecule is NCC[C@H](O)C12CCC[C@H]1OCC2. The van der Waals surface area contributed by atoms with E-state index in [2.05, 4.69) is 0 Å². The van der Waals surface area contributed by atoms with Crippen molar-refractivity contribution in [3.8, 4) is 0 Å². The molecule has 2 fully saturated rings. The quantitative estimate of drug-likeness (QED) is 0.679. The zero-order valence-corrected chi connectivity index (χ0v) is 8.04. The van der Waals surface area contributed by atoms with E-state index in [4.69, 9.17) is 10.5 Å². The lowest BCUT2D eigenvalue weighted by Crippen LogP contribution is -2.39. The van der Waals surface area contributed by atoms with Gasteiger partial charge in [-0.2, -0.15) is 0 Å². The summed E-state index contributed by atoms with van der Waals surface area (Å²) in [4.78, 5) is 0. The van der Waals surface area contributed by atoms with Gasteiger partial charge in [-0.15, -0.1) is 0 Å². The largest absolute Gasteiger partial charge is 0.392 e. The van der Waals surface area contributed by atoms with Crippen molar-refractivity contribution in [2.75, 3.05) is 13.2 Å². The van der Waals surface area contributed by atoms with Crippen molar-refractivity contribution < 1.29 is 9.84 Å². The van der Waals surface area contributed by atoms with Crippen LogP contribution < -0.4 is 5.73 Å². The normalized spacial score (nSPS) is 40.6. The summed E-state index contributed by atoms with van der Waals surface area (Å²) in [5.41, 5.74) is 5.54. The summed E-state index contributed by atoms with van der Waals surface area (Å²) in [6.07, 6.45) is 5.27. The summed E-state index contributed by atoms with van der Waals surface area (Å²) in [6.45, 7) is 1.40. The molecule has 0 radical (unpaired) electrons. The van der Waals surface area contributed by atoms with Gasteiger partial charge in [0.2, 0.25) is 0 Å². The third-order valence-corrected chi connectivity index (χ3v) is 3.74. The average molecular weight is 185 g/mol. The Balaban J connectivity index is 2.08. The van der Waals surface area contributed by atoms with E-state index in [1.54, 1.807) is 0 Å². The van der Waals surface area contributed by atoms with Crippen molar-refractivity contribution in [1.82, 2.24) is 0 Å². The summed E-state index contributed by atoms with van der Waals surface area (Å²) in [5, 5.41) is 10.0. The average Bonchev–Trinajstić information content (AvgIpc) is 2.61. The van der Waals surface area contributed by atoms with Gasteiger partial charge in [0.15, 0.2) is 0 Å². The molecule has 1 aliphatic carbocycles. The maximum atomic E-state index is 10.0. The van der Waals surface area contributed by atoms with Crippen LogP contribution in [0.1, 0.15) is 32.1 Å². The number of aliphatic hydroxyl groups is 1. The molecule has 3 heteroatoms. The molecule has 3 atom stereocenters. The summed E-state index contributed by atoms with van der Waals surface area (Å²) >= 11 is 0. The number of ether oxygens (including phenoxy) is 1. The van der Waals surface area contributed by atoms with E-state index < -0.39 is 0 Å². The summed E-state index contributed by atoms with van der Waals surface area (Å²) in [7, 11) is 0. The van der Waals surface area contributed by atoms with Crippen molar-refractivity contribution in [3.63, 3.8) is 0 Å². The van der Waals surface area contributed by atoms with Crippen LogP contribution in [0.2, 0.25) is 0 Å². The second-order valence-electron chi connectivity index (χ2n) is 4.33. The highest BCUT2D eigenvalue weighted by Crippen LogP contribution is 2.50. The fourth-order valence-corrected chi connectivity index (χ4v) is 2.98. The Kier molecular flexibility index (Phi) is 2.58. The second kappa shape index (κ2) is 3.56. The van der Waals surface area contributed by atoms with Gasteiger partial charge in [0.05, 0.1) is 12.2 Å². The van der Waals surface area contributed by atoms with E-state index in [9.17, 15) is 5.11 Å². The van der Waals surface area contributed by atoms with Gasteiger partial charge in [-0.25, -0.2) is 0 Å². The molecule has 1 unspecified atom stereocenters. The van der Waals surface area contributed by atoms with Crippen molar-refractivity contribution in [1.29, 1.82) is 0 Å². The number of nitrogens with two attached hydrogens (primary N) is 1. The first-order valence-electron chi connectivity index (χ1n) is 5.29. The number of hydrogen-bond donors (Lipinski definition) is 2. The van der Waals surface area contributed by atoms with Crippen LogP contribution in [0.4, 0.5) is 0 Å². The zero-order valence-electron chi connectivity index (χ0n) is 8.04. The number of rotatable bonds is 3. The minimum Gasteiger partial charge on any atom is -0.392 e. The molecule has 2 aliphatic rings. The Morgan fingerprint density at radius 3 is 3.15 bits per heavy atom.